The van der Waals surface area contributed by atoms with Crippen molar-refractivity contribution in [2.24, 2.45) is 0 Å². The summed E-state index contributed by atoms with van der Waals surface area (Å²) in [5.41, 5.74) is 6.17. The van der Waals surface area contributed by atoms with Gasteiger partial charge in [-0.25, -0.2) is 8.91 Å². The molecule has 0 aliphatic rings. The maximum Gasteiger partial charge on any atom is 0.132 e. The highest BCUT2D eigenvalue weighted by atomic mass is 19.1. The van der Waals surface area contributed by atoms with E-state index in [2.05, 4.69) is 23.3 Å². The number of fused-ring (bicyclic) bond motifs is 2. The number of hydrogen-bond donors (Lipinski definition) is 0. The molecule has 0 saturated heterocycles. The molecular formula is C22H16FN3. The molecule has 26 heavy (non-hydrogen) atoms. The summed E-state index contributed by atoms with van der Waals surface area (Å²) >= 11 is 0. The molecule has 0 aliphatic carbocycles. The quantitative estimate of drug-likeness (QED) is 0.422. The van der Waals surface area contributed by atoms with Crippen LogP contribution in [0.25, 0.3) is 33.2 Å². The average Bonchev–Trinajstić information content (AvgIpc) is 3.30. The van der Waals surface area contributed by atoms with E-state index in [9.17, 15) is 4.39 Å². The Hall–Kier alpha value is -3.40. The average molecular weight is 341 g/mol. The Labute approximate surface area is 149 Å². The van der Waals surface area contributed by atoms with E-state index < -0.39 is 0 Å². The van der Waals surface area contributed by atoms with Crippen molar-refractivity contribution in [2.75, 3.05) is 0 Å². The number of aromatic nitrogens is 3. The molecule has 0 saturated carbocycles. The first kappa shape index (κ1) is 14.9. The second-order valence-electron chi connectivity index (χ2n) is 6.45. The van der Waals surface area contributed by atoms with Gasteiger partial charge in [-0.1, -0.05) is 24.3 Å². The van der Waals surface area contributed by atoms with Gasteiger partial charge in [0.25, 0.3) is 0 Å². The van der Waals surface area contributed by atoms with Gasteiger partial charge < -0.3 is 4.57 Å². The lowest BCUT2D eigenvalue weighted by atomic mass is 10.1. The minimum absolute atomic E-state index is 0.192. The van der Waals surface area contributed by atoms with E-state index in [4.69, 9.17) is 0 Å². The van der Waals surface area contributed by atoms with Crippen LogP contribution in [0.2, 0.25) is 0 Å². The zero-order valence-electron chi connectivity index (χ0n) is 14.2. The monoisotopic (exact) mass is 341 g/mol. The summed E-state index contributed by atoms with van der Waals surface area (Å²) in [5, 5.41) is 5.07. The first-order valence-electron chi connectivity index (χ1n) is 8.52. The Morgan fingerprint density at radius 3 is 2.77 bits per heavy atom. The summed E-state index contributed by atoms with van der Waals surface area (Å²) in [6.07, 6.45) is 5.75. The largest absolute Gasteiger partial charge is 0.316 e. The van der Waals surface area contributed by atoms with Gasteiger partial charge in [0.2, 0.25) is 0 Å². The molecule has 3 heterocycles. The molecule has 5 aromatic rings. The van der Waals surface area contributed by atoms with E-state index in [1.165, 1.54) is 6.07 Å². The SMILES string of the molecule is Cc1ccc(F)c2ccn(-c3cccc(-c4cnn5ccccc45)c3)c12. The molecule has 0 N–H and O–H groups in total. The van der Waals surface area contributed by atoms with Crippen molar-refractivity contribution in [3.8, 4) is 16.8 Å². The summed E-state index contributed by atoms with van der Waals surface area (Å²) in [6.45, 7) is 2.01. The van der Waals surface area contributed by atoms with E-state index in [-0.39, 0.29) is 5.82 Å². The molecule has 0 atom stereocenters. The van der Waals surface area contributed by atoms with Crippen LogP contribution in [0.1, 0.15) is 5.56 Å². The van der Waals surface area contributed by atoms with Crippen molar-refractivity contribution >= 4 is 16.4 Å². The summed E-state index contributed by atoms with van der Waals surface area (Å²) < 4.78 is 18.1. The number of aryl methyl sites for hydroxylation is 1. The van der Waals surface area contributed by atoms with Gasteiger partial charge in [-0.05, 0) is 54.4 Å². The van der Waals surface area contributed by atoms with Crippen LogP contribution < -0.4 is 0 Å². The molecule has 0 fully saturated rings. The van der Waals surface area contributed by atoms with Crippen LogP contribution in [0.3, 0.4) is 0 Å². The van der Waals surface area contributed by atoms with Gasteiger partial charge >= 0.3 is 0 Å². The predicted octanol–water partition coefficient (Wildman–Crippen LogP) is 5.39. The lowest BCUT2D eigenvalue weighted by Gasteiger charge is -2.10. The Balaban J connectivity index is 1.71. The maximum atomic E-state index is 14.1. The highest BCUT2D eigenvalue weighted by Gasteiger charge is 2.11. The van der Waals surface area contributed by atoms with Gasteiger partial charge in [-0.2, -0.15) is 5.10 Å². The summed E-state index contributed by atoms with van der Waals surface area (Å²) in [4.78, 5) is 0. The fraction of sp³-hybridized carbons (Fsp3) is 0.0455. The number of nitrogens with zero attached hydrogens (tertiary/aromatic N) is 3. The van der Waals surface area contributed by atoms with Gasteiger partial charge in [-0.3, -0.25) is 0 Å². The third-order valence-corrected chi connectivity index (χ3v) is 4.86. The first-order valence-corrected chi connectivity index (χ1v) is 8.52. The number of benzene rings is 2. The number of pyridine rings is 1. The normalized spacial score (nSPS) is 11.5. The zero-order valence-corrected chi connectivity index (χ0v) is 14.2. The molecule has 0 aliphatic heterocycles. The molecule has 0 spiro atoms. The third-order valence-electron chi connectivity index (χ3n) is 4.86. The second kappa shape index (κ2) is 5.56. The van der Waals surface area contributed by atoms with Crippen molar-refractivity contribution in [3.63, 3.8) is 0 Å². The molecule has 3 aromatic heterocycles. The van der Waals surface area contributed by atoms with Crippen LogP contribution in [0, 0.1) is 12.7 Å². The van der Waals surface area contributed by atoms with Gasteiger partial charge in [-0.15, -0.1) is 0 Å². The van der Waals surface area contributed by atoms with Crippen LogP contribution >= 0.6 is 0 Å². The second-order valence-corrected chi connectivity index (χ2v) is 6.45. The van der Waals surface area contributed by atoms with E-state index in [1.807, 2.05) is 71.0 Å². The lowest BCUT2D eigenvalue weighted by Crippen LogP contribution is -1.94. The van der Waals surface area contributed by atoms with Crippen molar-refractivity contribution in [3.05, 3.63) is 90.6 Å². The van der Waals surface area contributed by atoms with E-state index in [0.29, 0.717) is 5.39 Å². The number of rotatable bonds is 2. The molecular weight excluding hydrogens is 325 g/mol. The topological polar surface area (TPSA) is 22.2 Å². The van der Waals surface area contributed by atoms with Crippen molar-refractivity contribution in [2.45, 2.75) is 6.92 Å². The van der Waals surface area contributed by atoms with Crippen molar-refractivity contribution < 1.29 is 4.39 Å². The van der Waals surface area contributed by atoms with E-state index in [1.54, 1.807) is 0 Å². The Kier molecular flexibility index (Phi) is 3.19. The third kappa shape index (κ3) is 2.15. The van der Waals surface area contributed by atoms with Crippen LogP contribution in [0.5, 0.6) is 0 Å². The summed E-state index contributed by atoms with van der Waals surface area (Å²) in [7, 11) is 0. The number of halogens is 1. The highest BCUT2D eigenvalue weighted by Crippen LogP contribution is 2.30. The molecule has 5 rings (SSSR count). The molecule has 4 heteroatoms. The smallest absolute Gasteiger partial charge is 0.132 e. The standard InChI is InChI=1S/C22H16FN3/c1-15-8-9-20(23)18-10-12-25(22(15)18)17-6-4-5-16(13-17)19-14-24-26-11-3-2-7-21(19)26/h2-14H,1H3. The highest BCUT2D eigenvalue weighted by molar-refractivity contribution is 5.86. The Bertz CT molecular complexity index is 1260. The molecule has 0 amide bonds. The van der Waals surface area contributed by atoms with Gasteiger partial charge in [0.05, 0.1) is 17.2 Å². The summed E-state index contributed by atoms with van der Waals surface area (Å²) in [5.74, 6) is -0.192. The summed E-state index contributed by atoms with van der Waals surface area (Å²) in [6, 6.07) is 19.5. The first-order chi connectivity index (χ1) is 12.7. The molecule has 0 bridgehead atoms. The molecule has 2 aromatic carbocycles. The van der Waals surface area contributed by atoms with E-state index >= 15 is 0 Å². The molecule has 126 valence electrons. The fourth-order valence-electron chi connectivity index (χ4n) is 3.59. The zero-order chi connectivity index (χ0) is 17.7. The molecule has 0 unspecified atom stereocenters. The van der Waals surface area contributed by atoms with Crippen LogP contribution in [0.15, 0.2) is 79.3 Å². The van der Waals surface area contributed by atoms with Gasteiger partial charge in [0, 0.05) is 29.0 Å². The van der Waals surface area contributed by atoms with Crippen LogP contribution in [-0.4, -0.2) is 14.2 Å². The molecule has 0 radical (unpaired) electrons. The Morgan fingerprint density at radius 1 is 0.923 bits per heavy atom. The van der Waals surface area contributed by atoms with Gasteiger partial charge in [0.1, 0.15) is 5.82 Å². The van der Waals surface area contributed by atoms with Crippen LogP contribution in [-0.2, 0) is 0 Å². The van der Waals surface area contributed by atoms with Crippen LogP contribution in [0.4, 0.5) is 4.39 Å². The minimum atomic E-state index is -0.192. The number of hydrogen-bond acceptors (Lipinski definition) is 1. The molecule has 3 nitrogen and oxygen atoms in total. The van der Waals surface area contributed by atoms with Crippen molar-refractivity contribution in [1.82, 2.24) is 14.2 Å². The Morgan fingerprint density at radius 2 is 1.85 bits per heavy atom. The fourth-order valence-corrected chi connectivity index (χ4v) is 3.59. The predicted molar refractivity (Wildman–Crippen MR) is 102 cm³/mol. The lowest BCUT2D eigenvalue weighted by molar-refractivity contribution is 0.639. The van der Waals surface area contributed by atoms with Gasteiger partial charge in [0.15, 0.2) is 0 Å². The van der Waals surface area contributed by atoms with Crippen molar-refractivity contribution in [1.29, 1.82) is 0 Å². The minimum Gasteiger partial charge on any atom is -0.316 e. The van der Waals surface area contributed by atoms with E-state index in [0.717, 1.165) is 33.4 Å². The maximum absolute atomic E-state index is 14.1.